The SMILES string of the molecule is CCN1CCN(c2cc(C(=O)NCCCN(C)C)nc(-c3ccccc3)n2)CC1. The zero-order valence-electron chi connectivity index (χ0n) is 17.8. The second-order valence-electron chi connectivity index (χ2n) is 7.64. The van der Waals surface area contributed by atoms with Crippen molar-refractivity contribution in [3.8, 4) is 11.4 Å². The molecule has 7 nitrogen and oxygen atoms in total. The standard InChI is InChI=1S/C22H32N6O/c1-4-27-13-15-28(16-14-27)20-17-19(22(29)23-11-8-12-26(2)3)24-21(25-20)18-9-6-5-7-10-18/h5-7,9-10,17H,4,8,11-16H2,1-3H3,(H,23,29). The summed E-state index contributed by atoms with van der Waals surface area (Å²) in [7, 11) is 4.06. The van der Waals surface area contributed by atoms with E-state index >= 15 is 0 Å². The van der Waals surface area contributed by atoms with Crippen molar-refractivity contribution < 1.29 is 4.79 Å². The van der Waals surface area contributed by atoms with E-state index in [1.54, 1.807) is 0 Å². The number of nitrogens with zero attached hydrogens (tertiary/aromatic N) is 5. The lowest BCUT2D eigenvalue weighted by atomic mass is 10.2. The third-order valence-corrected chi connectivity index (χ3v) is 5.19. The lowest BCUT2D eigenvalue weighted by Gasteiger charge is -2.34. The second kappa shape index (κ2) is 10.3. The van der Waals surface area contributed by atoms with E-state index in [-0.39, 0.29) is 5.91 Å². The van der Waals surface area contributed by atoms with Crippen LogP contribution in [-0.4, -0.2) is 85.6 Å². The van der Waals surface area contributed by atoms with Gasteiger partial charge in [-0.1, -0.05) is 37.3 Å². The van der Waals surface area contributed by atoms with Gasteiger partial charge in [0.05, 0.1) is 0 Å². The minimum atomic E-state index is -0.142. The van der Waals surface area contributed by atoms with Gasteiger partial charge in [0.1, 0.15) is 11.5 Å². The molecule has 0 atom stereocenters. The third kappa shape index (κ3) is 5.98. The Morgan fingerprint density at radius 2 is 1.83 bits per heavy atom. The van der Waals surface area contributed by atoms with Crippen LogP contribution in [0.15, 0.2) is 36.4 Å². The highest BCUT2D eigenvalue weighted by molar-refractivity contribution is 5.93. The van der Waals surface area contributed by atoms with Crippen molar-refractivity contribution in [2.45, 2.75) is 13.3 Å². The van der Waals surface area contributed by atoms with Crippen molar-refractivity contribution in [3.05, 3.63) is 42.1 Å². The molecule has 1 aliphatic rings. The lowest BCUT2D eigenvalue weighted by molar-refractivity contribution is 0.0947. The maximum Gasteiger partial charge on any atom is 0.270 e. The average molecular weight is 397 g/mol. The third-order valence-electron chi connectivity index (χ3n) is 5.19. The van der Waals surface area contributed by atoms with E-state index in [4.69, 9.17) is 4.98 Å². The van der Waals surface area contributed by atoms with Crippen molar-refractivity contribution in [1.82, 2.24) is 25.1 Å². The van der Waals surface area contributed by atoms with Crippen LogP contribution in [-0.2, 0) is 0 Å². The topological polar surface area (TPSA) is 64.6 Å². The molecule has 0 spiro atoms. The molecule has 1 saturated heterocycles. The Morgan fingerprint density at radius 1 is 1.10 bits per heavy atom. The fourth-order valence-corrected chi connectivity index (χ4v) is 3.41. The van der Waals surface area contributed by atoms with E-state index in [1.165, 1.54) is 0 Å². The first-order chi connectivity index (χ1) is 14.1. The van der Waals surface area contributed by atoms with Crippen LogP contribution in [0.4, 0.5) is 5.82 Å². The largest absolute Gasteiger partial charge is 0.354 e. The first-order valence-electron chi connectivity index (χ1n) is 10.4. The van der Waals surface area contributed by atoms with E-state index in [0.717, 1.165) is 57.1 Å². The maximum atomic E-state index is 12.8. The van der Waals surface area contributed by atoms with Crippen LogP contribution in [0.5, 0.6) is 0 Å². The summed E-state index contributed by atoms with van der Waals surface area (Å²) in [6, 6.07) is 11.7. The number of benzene rings is 1. The molecule has 0 radical (unpaired) electrons. The molecule has 2 aromatic rings. The zero-order chi connectivity index (χ0) is 20.6. The maximum absolute atomic E-state index is 12.8. The van der Waals surface area contributed by atoms with Gasteiger partial charge in [-0.2, -0.15) is 0 Å². The molecule has 1 aromatic heterocycles. The Morgan fingerprint density at radius 3 is 2.48 bits per heavy atom. The number of hydrogen-bond donors (Lipinski definition) is 1. The minimum absolute atomic E-state index is 0.142. The quantitative estimate of drug-likeness (QED) is 0.689. The van der Waals surface area contributed by atoms with Gasteiger partial charge < -0.3 is 20.0 Å². The van der Waals surface area contributed by atoms with Crippen LogP contribution in [0.1, 0.15) is 23.8 Å². The number of likely N-dealkylation sites (N-methyl/N-ethyl adjacent to an activating group) is 1. The first kappa shape index (κ1) is 21.2. The van der Waals surface area contributed by atoms with Crippen LogP contribution in [0.3, 0.4) is 0 Å². The molecule has 1 aromatic carbocycles. The number of piperazine rings is 1. The van der Waals surface area contributed by atoms with E-state index < -0.39 is 0 Å². The molecular weight excluding hydrogens is 364 g/mol. The molecule has 0 unspecified atom stereocenters. The first-order valence-corrected chi connectivity index (χ1v) is 10.4. The summed E-state index contributed by atoms with van der Waals surface area (Å²) in [6.07, 6.45) is 0.904. The van der Waals surface area contributed by atoms with E-state index in [1.807, 2.05) is 50.5 Å². The Bertz CT molecular complexity index is 787. The molecule has 2 heterocycles. The molecule has 7 heteroatoms. The fraction of sp³-hybridized carbons (Fsp3) is 0.500. The van der Waals surface area contributed by atoms with Gasteiger partial charge in [0.15, 0.2) is 5.82 Å². The number of nitrogens with one attached hydrogen (secondary N) is 1. The van der Waals surface area contributed by atoms with Crippen LogP contribution >= 0.6 is 0 Å². The van der Waals surface area contributed by atoms with E-state index in [2.05, 4.69) is 31.9 Å². The van der Waals surface area contributed by atoms with E-state index in [9.17, 15) is 4.79 Å². The van der Waals surface area contributed by atoms with Gasteiger partial charge in [-0.15, -0.1) is 0 Å². The summed E-state index contributed by atoms with van der Waals surface area (Å²) in [5.41, 5.74) is 1.35. The summed E-state index contributed by atoms with van der Waals surface area (Å²) in [4.78, 5) is 28.9. The molecule has 0 bridgehead atoms. The summed E-state index contributed by atoms with van der Waals surface area (Å²) >= 11 is 0. The normalized spacial score (nSPS) is 15.0. The Kier molecular flexibility index (Phi) is 7.55. The highest BCUT2D eigenvalue weighted by Crippen LogP contribution is 2.21. The summed E-state index contributed by atoms with van der Waals surface area (Å²) in [6.45, 7) is 8.64. The molecule has 1 N–H and O–H groups in total. The number of carbonyl (C=O) groups excluding carboxylic acids is 1. The highest BCUT2D eigenvalue weighted by Gasteiger charge is 2.20. The molecule has 29 heavy (non-hydrogen) atoms. The van der Waals surface area contributed by atoms with Crippen molar-refractivity contribution in [1.29, 1.82) is 0 Å². The van der Waals surface area contributed by atoms with Crippen molar-refractivity contribution >= 4 is 11.7 Å². The molecular formula is C22H32N6O. The molecule has 3 rings (SSSR count). The zero-order valence-corrected chi connectivity index (χ0v) is 17.8. The van der Waals surface area contributed by atoms with Crippen LogP contribution in [0.2, 0.25) is 0 Å². The molecule has 0 aliphatic carbocycles. The van der Waals surface area contributed by atoms with Gasteiger partial charge in [0, 0.05) is 44.4 Å². The number of amides is 1. The Hall–Kier alpha value is -2.51. The predicted molar refractivity (Wildman–Crippen MR) is 117 cm³/mol. The second-order valence-corrected chi connectivity index (χ2v) is 7.64. The smallest absolute Gasteiger partial charge is 0.270 e. The number of hydrogen-bond acceptors (Lipinski definition) is 6. The highest BCUT2D eigenvalue weighted by atomic mass is 16.1. The number of carbonyl (C=O) groups is 1. The number of rotatable bonds is 8. The van der Waals surface area contributed by atoms with Crippen LogP contribution in [0, 0.1) is 0 Å². The van der Waals surface area contributed by atoms with Gasteiger partial charge in [0.25, 0.3) is 5.91 Å². The van der Waals surface area contributed by atoms with Crippen LogP contribution < -0.4 is 10.2 Å². The van der Waals surface area contributed by atoms with Gasteiger partial charge in [-0.3, -0.25) is 4.79 Å². The van der Waals surface area contributed by atoms with Gasteiger partial charge >= 0.3 is 0 Å². The molecule has 156 valence electrons. The van der Waals surface area contributed by atoms with Crippen LogP contribution in [0.25, 0.3) is 11.4 Å². The number of anilines is 1. The monoisotopic (exact) mass is 396 g/mol. The minimum Gasteiger partial charge on any atom is -0.354 e. The summed E-state index contributed by atoms with van der Waals surface area (Å²) in [5.74, 6) is 1.28. The molecule has 1 amide bonds. The lowest BCUT2D eigenvalue weighted by Crippen LogP contribution is -2.46. The molecule has 1 aliphatic heterocycles. The predicted octanol–water partition coefficient (Wildman–Crippen LogP) is 1.97. The number of aromatic nitrogens is 2. The van der Waals surface area contributed by atoms with Crippen molar-refractivity contribution in [3.63, 3.8) is 0 Å². The molecule has 1 fully saturated rings. The van der Waals surface area contributed by atoms with Gasteiger partial charge in [-0.05, 0) is 33.6 Å². The van der Waals surface area contributed by atoms with Crippen molar-refractivity contribution in [2.24, 2.45) is 0 Å². The average Bonchev–Trinajstić information content (AvgIpc) is 2.76. The fourth-order valence-electron chi connectivity index (χ4n) is 3.41. The van der Waals surface area contributed by atoms with Gasteiger partial charge in [-0.25, -0.2) is 9.97 Å². The Balaban J connectivity index is 1.80. The summed E-state index contributed by atoms with van der Waals surface area (Å²) in [5, 5.41) is 3.00. The van der Waals surface area contributed by atoms with Gasteiger partial charge in [0.2, 0.25) is 0 Å². The van der Waals surface area contributed by atoms with Crippen molar-refractivity contribution in [2.75, 3.05) is 64.8 Å². The van der Waals surface area contributed by atoms with E-state index in [0.29, 0.717) is 18.1 Å². The summed E-state index contributed by atoms with van der Waals surface area (Å²) < 4.78 is 0. The molecule has 0 saturated carbocycles. The Labute approximate surface area is 173 Å².